The van der Waals surface area contributed by atoms with Crippen molar-refractivity contribution in [1.29, 1.82) is 0 Å². The van der Waals surface area contributed by atoms with Crippen LogP contribution in [0.4, 0.5) is 0 Å². The Morgan fingerprint density at radius 2 is 0.853 bits per heavy atom. The second kappa shape index (κ2) is 7.03. The van der Waals surface area contributed by atoms with E-state index in [1.54, 1.807) is 24.3 Å². The Kier molecular flexibility index (Phi) is 3.94. The van der Waals surface area contributed by atoms with E-state index in [1.165, 1.54) is 33.3 Å². The zero-order valence-corrected chi connectivity index (χ0v) is 18.3. The van der Waals surface area contributed by atoms with Gasteiger partial charge < -0.3 is 20.2 Å². The zero-order chi connectivity index (χ0) is 22.8. The summed E-state index contributed by atoms with van der Waals surface area (Å²) >= 11 is 0. The van der Waals surface area contributed by atoms with Gasteiger partial charge in [-0.2, -0.15) is 0 Å². The molecule has 0 amide bonds. The third-order valence-electron chi connectivity index (χ3n) is 7.16. The fraction of sp³-hybridized carbons (Fsp3) is 0.0667. The maximum absolute atomic E-state index is 9.97. The number of phenols is 2. The second-order valence-electron chi connectivity index (χ2n) is 9.04. The number of aromatic hydroxyl groups is 2. The molecule has 0 bridgehead atoms. The normalized spacial score (nSPS) is 17.1. The number of nitrogens with one attached hydrogen (secondary N) is 2. The molecule has 4 N–H and O–H groups in total. The van der Waals surface area contributed by atoms with E-state index in [-0.39, 0.29) is 23.3 Å². The summed E-state index contributed by atoms with van der Waals surface area (Å²) in [7, 11) is 0. The monoisotopic (exact) mass is 442 g/mol. The number of aromatic amines is 2. The molecule has 4 nitrogen and oxygen atoms in total. The van der Waals surface area contributed by atoms with E-state index in [2.05, 4.69) is 58.5 Å². The van der Waals surface area contributed by atoms with Crippen molar-refractivity contribution in [2.45, 2.75) is 11.8 Å². The van der Waals surface area contributed by atoms with Gasteiger partial charge in [0.05, 0.1) is 11.8 Å². The van der Waals surface area contributed by atoms with E-state index in [0.29, 0.717) is 0 Å². The minimum absolute atomic E-state index is 0.0116. The SMILES string of the molecule is Oc1ccc(C2c3[nH]c4ccccc4c3C(c3ccc(O)cc3)c3[nH]c4ccccc4c32)cc1. The number of hydrogen-bond acceptors (Lipinski definition) is 2. The van der Waals surface area contributed by atoms with Crippen molar-refractivity contribution >= 4 is 21.8 Å². The molecule has 1 aliphatic rings. The molecule has 0 radical (unpaired) electrons. The van der Waals surface area contributed by atoms with Crippen LogP contribution in [0.3, 0.4) is 0 Å². The molecule has 0 fully saturated rings. The zero-order valence-electron chi connectivity index (χ0n) is 18.3. The molecule has 2 heterocycles. The van der Waals surface area contributed by atoms with Gasteiger partial charge in [0.2, 0.25) is 0 Å². The van der Waals surface area contributed by atoms with Gasteiger partial charge in [0.25, 0.3) is 0 Å². The third kappa shape index (κ3) is 2.66. The lowest BCUT2D eigenvalue weighted by atomic mass is 9.72. The van der Waals surface area contributed by atoms with Crippen LogP contribution in [-0.4, -0.2) is 20.2 Å². The molecule has 0 saturated carbocycles. The first kappa shape index (κ1) is 19.1. The predicted octanol–water partition coefficient (Wildman–Crippen LogP) is 6.73. The Labute approximate surface area is 196 Å². The van der Waals surface area contributed by atoms with Crippen LogP contribution in [0.2, 0.25) is 0 Å². The van der Waals surface area contributed by atoms with E-state index < -0.39 is 0 Å². The molecule has 2 aromatic heterocycles. The van der Waals surface area contributed by atoms with Crippen molar-refractivity contribution in [3.8, 4) is 11.5 Å². The first-order valence-electron chi connectivity index (χ1n) is 11.5. The fourth-order valence-corrected chi connectivity index (χ4v) is 5.74. The summed E-state index contributed by atoms with van der Waals surface area (Å²) in [5, 5.41) is 22.3. The molecule has 7 rings (SSSR count). The number of phenolic OH excluding ortho intramolecular Hbond substituents is 2. The largest absolute Gasteiger partial charge is 0.508 e. The van der Waals surface area contributed by atoms with Gasteiger partial charge in [0.1, 0.15) is 11.5 Å². The number of benzene rings is 4. The van der Waals surface area contributed by atoms with E-state index in [9.17, 15) is 10.2 Å². The first-order valence-corrected chi connectivity index (χ1v) is 11.5. The molecule has 1 aliphatic carbocycles. The minimum atomic E-state index is -0.0116. The number of hydrogen-bond donors (Lipinski definition) is 4. The highest BCUT2D eigenvalue weighted by molar-refractivity contribution is 5.93. The van der Waals surface area contributed by atoms with E-state index >= 15 is 0 Å². The lowest BCUT2D eigenvalue weighted by molar-refractivity contribution is 0.474. The third-order valence-corrected chi connectivity index (χ3v) is 7.16. The average molecular weight is 443 g/mol. The Morgan fingerprint density at radius 3 is 1.26 bits per heavy atom. The summed E-state index contributed by atoms with van der Waals surface area (Å²) in [5.74, 6) is 0.500. The molecule has 164 valence electrons. The van der Waals surface area contributed by atoms with Crippen molar-refractivity contribution in [3.63, 3.8) is 0 Å². The highest BCUT2D eigenvalue weighted by Crippen LogP contribution is 2.52. The smallest absolute Gasteiger partial charge is 0.115 e. The van der Waals surface area contributed by atoms with Crippen LogP contribution in [0.15, 0.2) is 97.1 Å². The number of para-hydroxylation sites is 2. The van der Waals surface area contributed by atoms with Crippen LogP contribution < -0.4 is 0 Å². The highest BCUT2D eigenvalue weighted by atomic mass is 16.3. The Morgan fingerprint density at radius 1 is 0.471 bits per heavy atom. The molecule has 4 heteroatoms. The molecular weight excluding hydrogens is 420 g/mol. The fourth-order valence-electron chi connectivity index (χ4n) is 5.74. The minimum Gasteiger partial charge on any atom is -0.508 e. The van der Waals surface area contributed by atoms with Crippen LogP contribution in [0.25, 0.3) is 21.8 Å². The van der Waals surface area contributed by atoms with Crippen LogP contribution in [0.1, 0.15) is 45.5 Å². The molecule has 0 aliphatic heterocycles. The molecule has 2 unspecified atom stereocenters. The summed E-state index contributed by atoms with van der Waals surface area (Å²) in [4.78, 5) is 7.52. The van der Waals surface area contributed by atoms with Crippen LogP contribution in [-0.2, 0) is 0 Å². The second-order valence-corrected chi connectivity index (χ2v) is 9.04. The maximum Gasteiger partial charge on any atom is 0.115 e. The number of fused-ring (bicyclic) bond motifs is 6. The van der Waals surface area contributed by atoms with Crippen molar-refractivity contribution < 1.29 is 10.2 Å². The van der Waals surface area contributed by atoms with Gasteiger partial charge in [-0.1, -0.05) is 60.7 Å². The molecule has 2 atom stereocenters. The van der Waals surface area contributed by atoms with Gasteiger partial charge in [-0.25, -0.2) is 0 Å². The van der Waals surface area contributed by atoms with E-state index in [1.807, 2.05) is 24.3 Å². The summed E-state index contributed by atoms with van der Waals surface area (Å²) in [6.07, 6.45) is 0. The van der Waals surface area contributed by atoms with Gasteiger partial charge >= 0.3 is 0 Å². The lowest BCUT2D eigenvalue weighted by Crippen LogP contribution is -2.19. The van der Waals surface area contributed by atoms with Crippen LogP contribution >= 0.6 is 0 Å². The van der Waals surface area contributed by atoms with Crippen LogP contribution in [0.5, 0.6) is 11.5 Å². The average Bonchev–Trinajstić information content (AvgIpc) is 3.43. The van der Waals surface area contributed by atoms with E-state index in [0.717, 1.165) is 22.2 Å². The summed E-state index contributed by atoms with van der Waals surface area (Å²) in [5.41, 5.74) is 9.30. The molecule has 0 spiro atoms. The molecule has 34 heavy (non-hydrogen) atoms. The number of aromatic nitrogens is 2. The van der Waals surface area contributed by atoms with Crippen molar-refractivity contribution in [3.05, 3.63) is 131 Å². The molecular formula is C30H22N2O2. The van der Waals surface area contributed by atoms with Gasteiger partial charge in [0, 0.05) is 33.2 Å². The Bertz CT molecular complexity index is 1550. The molecule has 6 aromatic rings. The summed E-state index contributed by atoms with van der Waals surface area (Å²) < 4.78 is 0. The lowest BCUT2D eigenvalue weighted by Gasteiger charge is -2.31. The van der Waals surface area contributed by atoms with Gasteiger partial charge in [0.15, 0.2) is 0 Å². The van der Waals surface area contributed by atoms with Crippen molar-refractivity contribution in [1.82, 2.24) is 9.97 Å². The number of H-pyrrole nitrogens is 2. The van der Waals surface area contributed by atoms with Gasteiger partial charge in [-0.15, -0.1) is 0 Å². The summed E-state index contributed by atoms with van der Waals surface area (Å²) in [6, 6.07) is 32.0. The highest BCUT2D eigenvalue weighted by Gasteiger charge is 2.39. The quantitative estimate of drug-likeness (QED) is 0.240. The van der Waals surface area contributed by atoms with Crippen molar-refractivity contribution in [2.24, 2.45) is 0 Å². The Balaban J connectivity index is 1.62. The van der Waals surface area contributed by atoms with Crippen molar-refractivity contribution in [2.75, 3.05) is 0 Å². The van der Waals surface area contributed by atoms with Gasteiger partial charge in [-0.3, -0.25) is 0 Å². The maximum atomic E-state index is 9.97. The van der Waals surface area contributed by atoms with E-state index in [4.69, 9.17) is 0 Å². The molecule has 4 aromatic carbocycles. The van der Waals surface area contributed by atoms with Crippen LogP contribution in [0, 0.1) is 0 Å². The Hall–Kier alpha value is -4.44. The standard InChI is InChI=1S/C30H22N2O2/c33-19-13-9-17(10-14-19)25-27-21-5-1-3-7-23(21)31-29(27)26(18-11-15-20(34)16-12-18)28-22-6-2-4-8-24(22)32-30(25)28/h1-16,25-26,31-34H. The van der Waals surface area contributed by atoms with Gasteiger partial charge in [-0.05, 0) is 58.7 Å². The first-order chi connectivity index (χ1) is 16.7. The number of rotatable bonds is 2. The summed E-state index contributed by atoms with van der Waals surface area (Å²) in [6.45, 7) is 0. The predicted molar refractivity (Wildman–Crippen MR) is 135 cm³/mol. The molecule has 0 saturated heterocycles. The topological polar surface area (TPSA) is 72.0 Å².